The molecule has 1 amide bonds. The van der Waals surface area contributed by atoms with Crippen molar-refractivity contribution in [3.8, 4) is 11.3 Å². The Kier molecular flexibility index (Phi) is 4.81. The molecular weight excluding hydrogens is 394 g/mol. The summed E-state index contributed by atoms with van der Waals surface area (Å²) in [5, 5.41) is 3.95. The van der Waals surface area contributed by atoms with Crippen LogP contribution in [0.1, 0.15) is 30.4 Å². The Bertz CT molecular complexity index is 1240. The second kappa shape index (κ2) is 7.65. The first-order valence-corrected chi connectivity index (χ1v) is 10.5. The third-order valence-corrected chi connectivity index (χ3v) is 6.06. The predicted octanol–water partition coefficient (Wildman–Crippen LogP) is 5.85. The molecule has 1 aromatic heterocycles. The number of carbonyl (C=O) groups is 1. The minimum absolute atomic E-state index is 0.0304. The van der Waals surface area contributed by atoms with Crippen molar-refractivity contribution in [1.29, 1.82) is 0 Å². The van der Waals surface area contributed by atoms with Crippen LogP contribution >= 0.6 is 0 Å². The summed E-state index contributed by atoms with van der Waals surface area (Å²) >= 11 is 0. The van der Waals surface area contributed by atoms with E-state index in [0.717, 1.165) is 46.1 Å². The monoisotopic (exact) mass is 416 g/mol. The lowest BCUT2D eigenvalue weighted by molar-refractivity contribution is -0.122. The largest absolute Gasteiger partial charge is 0.354 e. The van der Waals surface area contributed by atoms with Crippen molar-refractivity contribution in [3.05, 3.63) is 95.6 Å². The Morgan fingerprint density at radius 3 is 2.35 bits per heavy atom. The van der Waals surface area contributed by atoms with E-state index in [2.05, 4.69) is 10.3 Å². The van der Waals surface area contributed by atoms with Gasteiger partial charge in [-0.25, -0.2) is 8.78 Å². The zero-order valence-corrected chi connectivity index (χ0v) is 16.9. The maximum Gasteiger partial charge on any atom is 0.221 e. The minimum atomic E-state index is -0.330. The quantitative estimate of drug-likeness (QED) is 0.407. The fourth-order valence-electron chi connectivity index (χ4n) is 4.28. The molecule has 5 rings (SSSR count). The summed E-state index contributed by atoms with van der Waals surface area (Å²) in [6, 6.07) is 20.8. The van der Waals surface area contributed by atoms with Crippen LogP contribution in [0.3, 0.4) is 0 Å². The van der Waals surface area contributed by atoms with Gasteiger partial charge in [0.1, 0.15) is 11.6 Å². The molecule has 1 saturated carbocycles. The average Bonchev–Trinajstić information content (AvgIpc) is 3.47. The molecule has 5 heteroatoms. The van der Waals surface area contributed by atoms with E-state index < -0.39 is 0 Å². The van der Waals surface area contributed by atoms with Gasteiger partial charge >= 0.3 is 0 Å². The Hall–Kier alpha value is -3.47. The summed E-state index contributed by atoms with van der Waals surface area (Å²) < 4.78 is 27.4. The molecule has 0 bridgehead atoms. The van der Waals surface area contributed by atoms with Gasteiger partial charge < -0.3 is 10.3 Å². The molecule has 0 unspecified atom stereocenters. The van der Waals surface area contributed by atoms with E-state index in [9.17, 15) is 13.6 Å². The highest BCUT2D eigenvalue weighted by atomic mass is 19.1. The number of aromatic nitrogens is 1. The van der Waals surface area contributed by atoms with Crippen LogP contribution in [0, 0.1) is 11.6 Å². The predicted molar refractivity (Wildman–Crippen MR) is 117 cm³/mol. The highest BCUT2D eigenvalue weighted by Crippen LogP contribution is 2.45. The summed E-state index contributed by atoms with van der Waals surface area (Å²) in [7, 11) is 0. The fourth-order valence-corrected chi connectivity index (χ4v) is 4.28. The Morgan fingerprint density at radius 2 is 1.65 bits per heavy atom. The van der Waals surface area contributed by atoms with Gasteiger partial charge in [0.15, 0.2) is 0 Å². The lowest BCUT2D eigenvalue weighted by Crippen LogP contribution is -2.34. The van der Waals surface area contributed by atoms with Crippen LogP contribution < -0.4 is 5.32 Å². The zero-order valence-electron chi connectivity index (χ0n) is 16.9. The number of H-pyrrole nitrogens is 1. The van der Waals surface area contributed by atoms with E-state index in [1.54, 1.807) is 18.2 Å². The van der Waals surface area contributed by atoms with Crippen LogP contribution in [0.2, 0.25) is 0 Å². The molecule has 0 aliphatic heterocycles. The van der Waals surface area contributed by atoms with E-state index in [4.69, 9.17) is 0 Å². The van der Waals surface area contributed by atoms with E-state index >= 15 is 0 Å². The van der Waals surface area contributed by atoms with Crippen LogP contribution in [0.5, 0.6) is 0 Å². The number of aryl methyl sites for hydroxylation is 1. The molecule has 1 heterocycles. The van der Waals surface area contributed by atoms with Gasteiger partial charge in [-0.15, -0.1) is 0 Å². The first-order chi connectivity index (χ1) is 15.0. The summed E-state index contributed by atoms with van der Waals surface area (Å²) in [4.78, 5) is 16.1. The van der Waals surface area contributed by atoms with Gasteiger partial charge in [-0.3, -0.25) is 4.79 Å². The number of benzene rings is 3. The van der Waals surface area contributed by atoms with Crippen LogP contribution in [0.25, 0.3) is 22.2 Å². The van der Waals surface area contributed by atoms with Crippen LogP contribution in [0.15, 0.2) is 72.8 Å². The fraction of sp³-hybridized carbons (Fsp3) is 0.192. The third kappa shape index (κ3) is 3.83. The summed E-state index contributed by atoms with van der Waals surface area (Å²) in [5.74, 6) is -0.677. The van der Waals surface area contributed by atoms with E-state index in [1.165, 1.54) is 24.3 Å². The molecule has 31 heavy (non-hydrogen) atoms. The van der Waals surface area contributed by atoms with Crippen LogP contribution in [0.4, 0.5) is 8.78 Å². The number of fused-ring (bicyclic) bond motifs is 1. The molecule has 3 nitrogen and oxygen atoms in total. The summed E-state index contributed by atoms with van der Waals surface area (Å²) in [6.07, 6.45) is 2.60. The van der Waals surface area contributed by atoms with E-state index in [0.29, 0.717) is 6.42 Å². The molecule has 0 atom stereocenters. The number of carbonyl (C=O) groups excluding carboxylic acids is 1. The molecule has 3 aromatic carbocycles. The molecule has 156 valence electrons. The number of aromatic amines is 1. The van der Waals surface area contributed by atoms with Crippen molar-refractivity contribution in [2.24, 2.45) is 0 Å². The first kappa shape index (κ1) is 19.5. The first-order valence-electron chi connectivity index (χ1n) is 10.5. The van der Waals surface area contributed by atoms with E-state index in [-0.39, 0.29) is 29.5 Å². The highest BCUT2D eigenvalue weighted by Gasteiger charge is 2.45. The van der Waals surface area contributed by atoms with Gasteiger partial charge in [-0.05, 0) is 78.4 Å². The van der Waals surface area contributed by atoms with Gasteiger partial charge in [-0.1, -0.05) is 30.3 Å². The van der Waals surface area contributed by atoms with Gasteiger partial charge in [0, 0.05) is 23.0 Å². The Morgan fingerprint density at radius 1 is 0.935 bits per heavy atom. The van der Waals surface area contributed by atoms with Crippen LogP contribution in [-0.4, -0.2) is 10.9 Å². The molecular formula is C26H22F2N2O. The molecule has 1 aliphatic carbocycles. The van der Waals surface area contributed by atoms with Crippen molar-refractivity contribution in [2.75, 3.05) is 0 Å². The highest BCUT2D eigenvalue weighted by molar-refractivity contribution is 5.91. The van der Waals surface area contributed by atoms with Crippen LogP contribution in [-0.2, 0) is 16.8 Å². The molecule has 1 aliphatic rings. The molecule has 4 aromatic rings. The van der Waals surface area contributed by atoms with Gasteiger partial charge in [0.2, 0.25) is 5.91 Å². The SMILES string of the molecule is O=C(CCc1c(-c2ccc(F)cc2)[nH]c2ccc(F)cc12)NC1(c2ccccc2)CC1. The maximum absolute atomic E-state index is 14.0. The summed E-state index contributed by atoms with van der Waals surface area (Å²) in [5.41, 5.74) is 4.11. The number of hydrogen-bond donors (Lipinski definition) is 2. The van der Waals surface area contributed by atoms with Crippen molar-refractivity contribution in [1.82, 2.24) is 10.3 Å². The summed E-state index contributed by atoms with van der Waals surface area (Å²) in [6.45, 7) is 0. The number of hydrogen-bond acceptors (Lipinski definition) is 1. The van der Waals surface area contributed by atoms with Gasteiger partial charge in [0.25, 0.3) is 0 Å². The standard InChI is InChI=1S/C26H22F2N2O/c27-19-8-6-17(7-9-19)25-21(22-16-20(28)10-12-23(22)29-25)11-13-24(31)30-26(14-15-26)18-4-2-1-3-5-18/h1-10,12,16,29H,11,13-15H2,(H,30,31). The topological polar surface area (TPSA) is 44.9 Å². The van der Waals surface area contributed by atoms with Crippen molar-refractivity contribution in [2.45, 2.75) is 31.2 Å². The average molecular weight is 416 g/mol. The van der Waals surface area contributed by atoms with Crippen molar-refractivity contribution < 1.29 is 13.6 Å². The molecule has 0 radical (unpaired) electrons. The van der Waals surface area contributed by atoms with Gasteiger partial charge in [0.05, 0.1) is 5.54 Å². The second-order valence-electron chi connectivity index (χ2n) is 8.17. The number of amides is 1. The Labute approximate surface area is 179 Å². The second-order valence-corrected chi connectivity index (χ2v) is 8.17. The zero-order chi connectivity index (χ0) is 21.4. The lowest BCUT2D eigenvalue weighted by Gasteiger charge is -2.18. The van der Waals surface area contributed by atoms with E-state index in [1.807, 2.05) is 30.3 Å². The lowest BCUT2D eigenvalue weighted by atomic mass is 10.00. The number of nitrogens with one attached hydrogen (secondary N) is 2. The van der Waals surface area contributed by atoms with Crippen molar-refractivity contribution in [3.63, 3.8) is 0 Å². The van der Waals surface area contributed by atoms with Gasteiger partial charge in [-0.2, -0.15) is 0 Å². The molecule has 1 fully saturated rings. The smallest absolute Gasteiger partial charge is 0.221 e. The Balaban J connectivity index is 1.40. The third-order valence-electron chi connectivity index (χ3n) is 6.06. The maximum atomic E-state index is 14.0. The number of halogens is 2. The normalized spacial score (nSPS) is 14.5. The molecule has 0 spiro atoms. The number of rotatable bonds is 6. The van der Waals surface area contributed by atoms with Crippen molar-refractivity contribution >= 4 is 16.8 Å². The molecule has 0 saturated heterocycles. The molecule has 2 N–H and O–H groups in total. The minimum Gasteiger partial charge on any atom is -0.354 e.